The van der Waals surface area contributed by atoms with Crippen LogP contribution in [0.4, 0.5) is 9.52 Å². The first-order chi connectivity index (χ1) is 9.20. The van der Waals surface area contributed by atoms with Gasteiger partial charge in [0.2, 0.25) is 0 Å². The summed E-state index contributed by atoms with van der Waals surface area (Å²) in [6.07, 6.45) is 3.76. The third-order valence-electron chi connectivity index (χ3n) is 4.27. The summed E-state index contributed by atoms with van der Waals surface area (Å²) >= 11 is 1.56. The second kappa shape index (κ2) is 4.15. The number of rotatable bonds is 1. The van der Waals surface area contributed by atoms with E-state index in [2.05, 4.69) is 9.88 Å². The second-order valence-corrected chi connectivity index (χ2v) is 6.54. The number of piperidine rings is 1. The molecule has 4 rings (SSSR count). The third-order valence-corrected chi connectivity index (χ3v) is 5.30. The molecule has 5 heteroatoms. The molecule has 0 saturated carbocycles. The van der Waals surface area contributed by atoms with Gasteiger partial charge in [-0.1, -0.05) is 11.3 Å². The van der Waals surface area contributed by atoms with Gasteiger partial charge >= 0.3 is 0 Å². The van der Waals surface area contributed by atoms with Crippen LogP contribution in [0.25, 0.3) is 10.2 Å². The Labute approximate surface area is 114 Å². The van der Waals surface area contributed by atoms with Crippen molar-refractivity contribution in [3.63, 3.8) is 0 Å². The van der Waals surface area contributed by atoms with Crippen molar-refractivity contribution in [3.8, 4) is 0 Å². The molecule has 2 aromatic rings. The highest BCUT2D eigenvalue weighted by atomic mass is 32.1. The van der Waals surface area contributed by atoms with Crippen molar-refractivity contribution in [2.75, 3.05) is 4.90 Å². The maximum atomic E-state index is 13.2. The maximum Gasteiger partial charge on any atom is 0.186 e. The number of aliphatic hydroxyl groups excluding tert-OH is 1. The van der Waals surface area contributed by atoms with E-state index < -0.39 is 0 Å². The van der Waals surface area contributed by atoms with Crippen LogP contribution in [0.5, 0.6) is 0 Å². The first kappa shape index (κ1) is 11.6. The Balaban J connectivity index is 1.74. The zero-order valence-electron chi connectivity index (χ0n) is 10.4. The lowest BCUT2D eigenvalue weighted by molar-refractivity contribution is 0.126. The summed E-state index contributed by atoms with van der Waals surface area (Å²) in [6.45, 7) is 0. The highest BCUT2D eigenvalue weighted by Gasteiger charge is 2.41. The molecule has 19 heavy (non-hydrogen) atoms. The molecule has 0 amide bonds. The molecule has 3 heterocycles. The first-order valence-electron chi connectivity index (χ1n) is 6.73. The number of aliphatic hydroxyl groups is 1. The molecule has 2 aliphatic heterocycles. The molecule has 0 aliphatic carbocycles. The Hall–Kier alpha value is -1.20. The molecule has 1 aromatic heterocycles. The molecular formula is C14H15FN2OS. The van der Waals surface area contributed by atoms with Gasteiger partial charge in [-0.05, 0) is 43.9 Å². The van der Waals surface area contributed by atoms with Crippen molar-refractivity contribution in [2.24, 2.45) is 0 Å². The molecule has 3 nitrogen and oxygen atoms in total. The van der Waals surface area contributed by atoms with E-state index in [1.165, 1.54) is 6.07 Å². The topological polar surface area (TPSA) is 36.4 Å². The van der Waals surface area contributed by atoms with E-state index in [9.17, 15) is 9.50 Å². The number of halogens is 1. The Morgan fingerprint density at radius 3 is 2.74 bits per heavy atom. The van der Waals surface area contributed by atoms with E-state index in [-0.39, 0.29) is 11.9 Å². The molecule has 2 bridgehead atoms. The van der Waals surface area contributed by atoms with Gasteiger partial charge in [0.25, 0.3) is 0 Å². The molecule has 1 N–H and O–H groups in total. The number of hydrogen-bond acceptors (Lipinski definition) is 4. The monoisotopic (exact) mass is 278 g/mol. The van der Waals surface area contributed by atoms with Crippen molar-refractivity contribution in [2.45, 2.75) is 43.9 Å². The number of thiazole rings is 1. The van der Waals surface area contributed by atoms with Gasteiger partial charge < -0.3 is 10.0 Å². The predicted molar refractivity (Wildman–Crippen MR) is 74.1 cm³/mol. The van der Waals surface area contributed by atoms with E-state index in [1.54, 1.807) is 23.5 Å². The lowest BCUT2D eigenvalue weighted by Gasteiger charge is -2.36. The normalized spacial score (nSPS) is 30.2. The SMILES string of the molecule is OC1CC2CCC(C1)N2c1nc2ccc(F)cc2s1. The Morgan fingerprint density at radius 2 is 2.00 bits per heavy atom. The van der Waals surface area contributed by atoms with Gasteiger partial charge in [0.1, 0.15) is 5.82 Å². The van der Waals surface area contributed by atoms with Gasteiger partial charge in [-0.3, -0.25) is 0 Å². The summed E-state index contributed by atoms with van der Waals surface area (Å²) in [5, 5.41) is 10.8. The number of hydrogen-bond donors (Lipinski definition) is 1. The van der Waals surface area contributed by atoms with E-state index >= 15 is 0 Å². The maximum absolute atomic E-state index is 13.2. The average Bonchev–Trinajstić information content (AvgIpc) is 2.88. The van der Waals surface area contributed by atoms with Crippen LogP contribution in [0.15, 0.2) is 18.2 Å². The number of benzene rings is 1. The Kier molecular flexibility index (Phi) is 2.53. The van der Waals surface area contributed by atoms with Gasteiger partial charge in [-0.15, -0.1) is 0 Å². The average molecular weight is 278 g/mol. The fourth-order valence-electron chi connectivity index (χ4n) is 3.46. The Morgan fingerprint density at radius 1 is 1.26 bits per heavy atom. The minimum Gasteiger partial charge on any atom is -0.393 e. The van der Waals surface area contributed by atoms with Crippen molar-refractivity contribution >= 4 is 26.7 Å². The number of anilines is 1. The lowest BCUT2D eigenvalue weighted by atomic mass is 10.0. The zero-order valence-corrected chi connectivity index (χ0v) is 11.2. The number of fused-ring (bicyclic) bond motifs is 3. The van der Waals surface area contributed by atoms with Gasteiger partial charge in [0.05, 0.1) is 16.3 Å². The van der Waals surface area contributed by atoms with Crippen LogP contribution in [0.3, 0.4) is 0 Å². The summed E-state index contributed by atoms with van der Waals surface area (Å²) in [6, 6.07) is 5.56. The summed E-state index contributed by atoms with van der Waals surface area (Å²) in [7, 11) is 0. The molecule has 2 atom stereocenters. The Bertz CT molecular complexity index is 615. The minimum atomic E-state index is -0.209. The van der Waals surface area contributed by atoms with E-state index in [0.29, 0.717) is 12.1 Å². The standard InChI is InChI=1S/C14H15FN2OS/c15-8-1-4-12-13(5-8)19-14(16-12)17-9-2-3-10(17)7-11(18)6-9/h1,4-5,9-11,18H,2-3,6-7H2. The third kappa shape index (κ3) is 1.83. The van der Waals surface area contributed by atoms with Crippen LogP contribution < -0.4 is 4.90 Å². The highest BCUT2D eigenvalue weighted by molar-refractivity contribution is 7.22. The second-order valence-electron chi connectivity index (χ2n) is 5.53. The molecule has 100 valence electrons. The van der Waals surface area contributed by atoms with Crippen LogP contribution >= 0.6 is 11.3 Å². The zero-order chi connectivity index (χ0) is 13.0. The van der Waals surface area contributed by atoms with Gasteiger partial charge in [0, 0.05) is 12.1 Å². The molecule has 2 fully saturated rings. The van der Waals surface area contributed by atoms with Crippen LogP contribution in [0, 0.1) is 5.82 Å². The van der Waals surface area contributed by atoms with Gasteiger partial charge in [-0.2, -0.15) is 0 Å². The van der Waals surface area contributed by atoms with Crippen molar-refractivity contribution in [1.82, 2.24) is 4.98 Å². The summed E-state index contributed by atoms with van der Waals surface area (Å²) in [5.41, 5.74) is 0.868. The van der Waals surface area contributed by atoms with Gasteiger partial charge in [0.15, 0.2) is 5.13 Å². The van der Waals surface area contributed by atoms with E-state index in [0.717, 1.165) is 41.0 Å². The van der Waals surface area contributed by atoms with Crippen molar-refractivity contribution < 1.29 is 9.50 Å². The quantitative estimate of drug-likeness (QED) is 0.871. The summed E-state index contributed by atoms with van der Waals surface area (Å²) in [5.74, 6) is -0.209. The fraction of sp³-hybridized carbons (Fsp3) is 0.500. The summed E-state index contributed by atoms with van der Waals surface area (Å²) in [4.78, 5) is 7.00. The van der Waals surface area contributed by atoms with Crippen LogP contribution in [0.2, 0.25) is 0 Å². The summed E-state index contributed by atoms with van der Waals surface area (Å²) < 4.78 is 14.1. The molecule has 1 aromatic carbocycles. The van der Waals surface area contributed by atoms with Crippen molar-refractivity contribution in [3.05, 3.63) is 24.0 Å². The number of nitrogens with zero attached hydrogens (tertiary/aromatic N) is 2. The first-order valence-corrected chi connectivity index (χ1v) is 7.55. The molecule has 0 radical (unpaired) electrons. The largest absolute Gasteiger partial charge is 0.393 e. The van der Waals surface area contributed by atoms with E-state index in [1.807, 2.05) is 0 Å². The molecular weight excluding hydrogens is 263 g/mol. The number of aromatic nitrogens is 1. The molecule has 0 spiro atoms. The van der Waals surface area contributed by atoms with Crippen molar-refractivity contribution in [1.29, 1.82) is 0 Å². The fourth-order valence-corrected chi connectivity index (χ4v) is 4.59. The minimum absolute atomic E-state index is 0.166. The van der Waals surface area contributed by atoms with Crippen LogP contribution in [-0.2, 0) is 0 Å². The van der Waals surface area contributed by atoms with Gasteiger partial charge in [-0.25, -0.2) is 9.37 Å². The molecule has 2 saturated heterocycles. The molecule has 2 unspecified atom stereocenters. The molecule has 2 aliphatic rings. The lowest BCUT2D eigenvalue weighted by Crippen LogP contribution is -2.44. The van der Waals surface area contributed by atoms with E-state index in [4.69, 9.17) is 0 Å². The highest BCUT2D eigenvalue weighted by Crippen LogP contribution is 2.42. The smallest absolute Gasteiger partial charge is 0.186 e. The predicted octanol–water partition coefficient (Wildman–Crippen LogP) is 2.93. The van der Waals surface area contributed by atoms with Crippen LogP contribution in [0.1, 0.15) is 25.7 Å². The van der Waals surface area contributed by atoms with Crippen LogP contribution in [-0.4, -0.2) is 28.3 Å².